The largest absolute Gasteiger partial charge is 0.322 e. The average Bonchev–Trinajstić information content (AvgIpc) is 2.69. The number of nitrogens with zero attached hydrogens (tertiary/aromatic N) is 1. The number of aryl methyl sites for hydroxylation is 2. The van der Waals surface area contributed by atoms with Gasteiger partial charge in [0.2, 0.25) is 10.0 Å². The minimum atomic E-state index is -3.51. The van der Waals surface area contributed by atoms with E-state index in [4.69, 9.17) is 11.6 Å². The normalized spacial score (nSPS) is 11.2. The topological polar surface area (TPSA) is 66.5 Å². The van der Waals surface area contributed by atoms with E-state index >= 15 is 0 Å². The molecule has 0 aromatic heterocycles. The fourth-order valence-electron chi connectivity index (χ4n) is 3.00. The van der Waals surface area contributed by atoms with Crippen molar-refractivity contribution in [2.24, 2.45) is 0 Å². The maximum atomic E-state index is 12.5. The van der Waals surface area contributed by atoms with Gasteiger partial charge >= 0.3 is 0 Å². The Morgan fingerprint density at radius 1 is 0.967 bits per heavy atom. The molecule has 0 radical (unpaired) electrons. The first kappa shape index (κ1) is 21.9. The molecule has 0 aliphatic rings. The third-order valence-electron chi connectivity index (χ3n) is 4.82. The van der Waals surface area contributed by atoms with Crippen LogP contribution in [0.1, 0.15) is 27.0 Å². The molecule has 0 heterocycles. The van der Waals surface area contributed by atoms with Crippen LogP contribution in [-0.4, -0.2) is 20.6 Å². The van der Waals surface area contributed by atoms with Crippen LogP contribution in [0.25, 0.3) is 0 Å². The predicted octanol–water partition coefficient (Wildman–Crippen LogP) is 5.18. The molecular weight excluding hydrogens is 420 g/mol. The molecule has 3 aromatic carbocycles. The molecule has 3 rings (SSSR count). The molecule has 0 spiro atoms. The summed E-state index contributed by atoms with van der Waals surface area (Å²) in [5.41, 5.74) is 4.36. The number of rotatable bonds is 6. The average molecular weight is 443 g/mol. The van der Waals surface area contributed by atoms with E-state index in [9.17, 15) is 13.2 Å². The van der Waals surface area contributed by atoms with Crippen molar-refractivity contribution in [1.82, 2.24) is 0 Å². The zero-order valence-corrected chi connectivity index (χ0v) is 18.6. The highest BCUT2D eigenvalue weighted by atomic mass is 35.5. The Hall–Kier alpha value is -2.83. The number of carbonyl (C=O) groups excluding carboxylic acids is 1. The van der Waals surface area contributed by atoms with Crippen molar-refractivity contribution in [2.45, 2.75) is 20.4 Å². The lowest BCUT2D eigenvalue weighted by Crippen LogP contribution is -2.29. The van der Waals surface area contributed by atoms with Gasteiger partial charge in [-0.1, -0.05) is 41.9 Å². The molecule has 156 valence electrons. The molecule has 1 amide bonds. The fourth-order valence-corrected chi connectivity index (χ4v) is 4.05. The fraction of sp³-hybridized carbons (Fsp3) is 0.174. The first-order valence-corrected chi connectivity index (χ1v) is 11.6. The summed E-state index contributed by atoms with van der Waals surface area (Å²) in [6, 6.07) is 19.4. The Balaban J connectivity index is 1.81. The van der Waals surface area contributed by atoms with Crippen molar-refractivity contribution in [1.29, 1.82) is 0 Å². The molecule has 5 nitrogen and oxygen atoms in total. The molecule has 0 aliphatic heterocycles. The van der Waals surface area contributed by atoms with E-state index in [-0.39, 0.29) is 12.5 Å². The number of hydrogen-bond donors (Lipinski definition) is 1. The zero-order chi connectivity index (χ0) is 21.9. The molecule has 0 saturated heterocycles. The second kappa shape index (κ2) is 8.90. The van der Waals surface area contributed by atoms with E-state index in [0.717, 1.165) is 16.7 Å². The molecular formula is C23H23ClN2O3S. The predicted molar refractivity (Wildman–Crippen MR) is 123 cm³/mol. The minimum absolute atomic E-state index is 0.221. The number of halogens is 1. The van der Waals surface area contributed by atoms with Crippen LogP contribution >= 0.6 is 11.6 Å². The van der Waals surface area contributed by atoms with Crippen molar-refractivity contribution in [3.8, 4) is 0 Å². The Morgan fingerprint density at radius 3 is 2.23 bits per heavy atom. The number of anilines is 2. The van der Waals surface area contributed by atoms with E-state index in [2.05, 4.69) is 5.32 Å². The summed E-state index contributed by atoms with van der Waals surface area (Å²) < 4.78 is 26.1. The van der Waals surface area contributed by atoms with Crippen molar-refractivity contribution >= 4 is 38.9 Å². The Morgan fingerprint density at radius 2 is 1.63 bits per heavy atom. The highest BCUT2D eigenvalue weighted by molar-refractivity contribution is 7.92. The first-order valence-electron chi connectivity index (χ1n) is 9.35. The number of benzene rings is 3. The van der Waals surface area contributed by atoms with Gasteiger partial charge in [0, 0.05) is 16.3 Å². The Labute approximate surface area is 182 Å². The molecule has 7 heteroatoms. The van der Waals surface area contributed by atoms with Gasteiger partial charge in [-0.05, 0) is 66.9 Å². The number of sulfonamides is 1. The summed E-state index contributed by atoms with van der Waals surface area (Å²) in [4.78, 5) is 12.5. The molecule has 0 bridgehead atoms. The lowest BCUT2D eigenvalue weighted by atomic mass is 10.1. The molecule has 3 aromatic rings. The quantitative estimate of drug-likeness (QED) is 0.572. The molecule has 0 aliphatic carbocycles. The minimum Gasteiger partial charge on any atom is -0.322 e. The third kappa shape index (κ3) is 5.20. The van der Waals surface area contributed by atoms with Gasteiger partial charge in [0.15, 0.2) is 0 Å². The van der Waals surface area contributed by atoms with Crippen LogP contribution in [-0.2, 0) is 16.6 Å². The lowest BCUT2D eigenvalue weighted by molar-refractivity contribution is 0.102. The van der Waals surface area contributed by atoms with Crippen LogP contribution in [0, 0.1) is 13.8 Å². The van der Waals surface area contributed by atoms with Crippen molar-refractivity contribution in [3.05, 3.63) is 94.0 Å². The van der Waals surface area contributed by atoms with Gasteiger partial charge in [0.1, 0.15) is 0 Å². The summed E-state index contributed by atoms with van der Waals surface area (Å²) in [5, 5.41) is 3.37. The SMILES string of the molecule is Cc1ccc(NC(=O)c2ccc(N(Cc3ccccc3C)S(C)(=O)=O)cc2)cc1Cl. The zero-order valence-electron chi connectivity index (χ0n) is 17.0. The molecule has 0 fully saturated rings. The van der Waals surface area contributed by atoms with Gasteiger partial charge in [0.05, 0.1) is 18.5 Å². The van der Waals surface area contributed by atoms with E-state index in [1.807, 2.05) is 44.2 Å². The van der Waals surface area contributed by atoms with Gasteiger partial charge < -0.3 is 5.32 Å². The van der Waals surface area contributed by atoms with Gasteiger partial charge in [-0.3, -0.25) is 9.10 Å². The molecule has 0 saturated carbocycles. The Kier molecular flexibility index (Phi) is 6.48. The number of nitrogens with one attached hydrogen (secondary N) is 1. The number of amides is 1. The van der Waals surface area contributed by atoms with Crippen LogP contribution in [0.5, 0.6) is 0 Å². The first-order chi connectivity index (χ1) is 14.1. The molecule has 0 unspecified atom stereocenters. The maximum Gasteiger partial charge on any atom is 0.255 e. The second-order valence-corrected chi connectivity index (χ2v) is 9.48. The lowest BCUT2D eigenvalue weighted by Gasteiger charge is -2.23. The highest BCUT2D eigenvalue weighted by Gasteiger charge is 2.19. The number of hydrogen-bond acceptors (Lipinski definition) is 3. The summed E-state index contributed by atoms with van der Waals surface area (Å²) in [6.07, 6.45) is 1.17. The van der Waals surface area contributed by atoms with Gasteiger partial charge in [-0.2, -0.15) is 0 Å². The highest BCUT2D eigenvalue weighted by Crippen LogP contribution is 2.24. The molecule has 1 N–H and O–H groups in total. The van der Waals surface area contributed by atoms with Crippen molar-refractivity contribution in [3.63, 3.8) is 0 Å². The van der Waals surface area contributed by atoms with Crippen molar-refractivity contribution in [2.75, 3.05) is 15.9 Å². The summed E-state index contributed by atoms with van der Waals surface area (Å²) >= 11 is 6.11. The van der Waals surface area contributed by atoms with Gasteiger partial charge in [-0.15, -0.1) is 0 Å². The van der Waals surface area contributed by atoms with Crippen molar-refractivity contribution < 1.29 is 13.2 Å². The van der Waals surface area contributed by atoms with E-state index in [1.54, 1.807) is 36.4 Å². The summed E-state index contributed by atoms with van der Waals surface area (Å²) in [6.45, 7) is 4.05. The standard InChI is InChI=1S/C23H23ClN2O3S/c1-16-6-4-5-7-19(16)15-26(30(3,28)29)21-12-9-18(10-13-21)23(27)25-20-11-8-17(2)22(24)14-20/h4-14H,15H2,1-3H3,(H,25,27). The Bertz CT molecular complexity index is 1180. The summed E-state index contributed by atoms with van der Waals surface area (Å²) in [7, 11) is -3.51. The van der Waals surface area contributed by atoms with E-state index < -0.39 is 10.0 Å². The second-order valence-electron chi connectivity index (χ2n) is 7.16. The summed E-state index contributed by atoms with van der Waals surface area (Å²) in [5.74, 6) is -0.300. The van der Waals surface area contributed by atoms with Crippen LogP contribution in [0.15, 0.2) is 66.7 Å². The smallest absolute Gasteiger partial charge is 0.255 e. The molecule has 0 atom stereocenters. The monoisotopic (exact) mass is 442 g/mol. The van der Waals surface area contributed by atoms with Crippen LogP contribution in [0.4, 0.5) is 11.4 Å². The van der Waals surface area contributed by atoms with Gasteiger partial charge in [0.25, 0.3) is 5.91 Å². The molecule has 30 heavy (non-hydrogen) atoms. The van der Waals surface area contributed by atoms with Crippen LogP contribution in [0.3, 0.4) is 0 Å². The van der Waals surface area contributed by atoms with E-state index in [1.165, 1.54) is 10.6 Å². The maximum absolute atomic E-state index is 12.5. The number of carbonyl (C=O) groups is 1. The van der Waals surface area contributed by atoms with Crippen LogP contribution < -0.4 is 9.62 Å². The third-order valence-corrected chi connectivity index (χ3v) is 6.37. The van der Waals surface area contributed by atoms with Crippen LogP contribution in [0.2, 0.25) is 5.02 Å². The van der Waals surface area contributed by atoms with Gasteiger partial charge in [-0.25, -0.2) is 8.42 Å². The van der Waals surface area contributed by atoms with E-state index in [0.29, 0.717) is 22.0 Å².